The minimum absolute atomic E-state index is 0.0659. The summed E-state index contributed by atoms with van der Waals surface area (Å²) in [5.41, 5.74) is -0.148. The summed E-state index contributed by atoms with van der Waals surface area (Å²) in [5, 5.41) is 8.72. The van der Waals surface area contributed by atoms with Crippen LogP contribution in [0.25, 0.3) is 0 Å². The molecule has 1 rings (SSSR count). The standard InChI is InChI=1S/C11H17Cl2NOS.C7H16O3/c1-2-3-4-5-6-7-8-14-11(15)9(12)10(13)16-14;1-6(4-8)10-5-7(2)9-3/h2-8H2,1H3;6-8H,4-5H2,1-3H3. The van der Waals surface area contributed by atoms with Crippen LogP contribution in [0.15, 0.2) is 4.79 Å². The number of methoxy groups -OCH3 is 1. The van der Waals surface area contributed by atoms with Crippen LogP contribution in [0.5, 0.6) is 0 Å². The van der Waals surface area contributed by atoms with E-state index in [0.29, 0.717) is 10.9 Å². The lowest BCUT2D eigenvalue weighted by Crippen LogP contribution is -2.21. The lowest BCUT2D eigenvalue weighted by molar-refractivity contribution is -0.0313. The Morgan fingerprint density at radius 1 is 1.12 bits per heavy atom. The molecule has 0 amide bonds. The van der Waals surface area contributed by atoms with Gasteiger partial charge in [-0.1, -0.05) is 62.2 Å². The van der Waals surface area contributed by atoms with E-state index in [1.54, 1.807) is 11.1 Å². The third-order valence-corrected chi connectivity index (χ3v) is 5.66. The van der Waals surface area contributed by atoms with Crippen LogP contribution >= 0.6 is 34.7 Å². The van der Waals surface area contributed by atoms with E-state index in [-0.39, 0.29) is 29.4 Å². The van der Waals surface area contributed by atoms with Crippen molar-refractivity contribution in [3.05, 3.63) is 19.7 Å². The minimum atomic E-state index is -0.148. The van der Waals surface area contributed by atoms with Gasteiger partial charge in [0.05, 0.1) is 25.4 Å². The normalized spacial score (nSPS) is 13.2. The van der Waals surface area contributed by atoms with Gasteiger partial charge in [-0.2, -0.15) is 0 Å². The summed E-state index contributed by atoms with van der Waals surface area (Å²) in [6.45, 7) is 7.29. The Balaban J connectivity index is 0.000000541. The van der Waals surface area contributed by atoms with E-state index in [4.69, 9.17) is 37.8 Å². The molecule has 1 aromatic rings. The zero-order chi connectivity index (χ0) is 19.9. The molecule has 26 heavy (non-hydrogen) atoms. The zero-order valence-corrected chi connectivity index (χ0v) is 18.6. The topological polar surface area (TPSA) is 60.7 Å². The van der Waals surface area contributed by atoms with Gasteiger partial charge < -0.3 is 14.6 Å². The zero-order valence-electron chi connectivity index (χ0n) is 16.3. The first kappa shape index (κ1) is 25.9. The first-order valence-corrected chi connectivity index (χ1v) is 10.7. The molecule has 0 aliphatic carbocycles. The fourth-order valence-corrected chi connectivity index (χ4v) is 3.32. The third-order valence-electron chi connectivity index (χ3n) is 3.77. The molecule has 154 valence electrons. The Labute approximate surface area is 171 Å². The predicted molar refractivity (Wildman–Crippen MR) is 111 cm³/mol. The summed E-state index contributed by atoms with van der Waals surface area (Å²) in [6, 6.07) is 0. The highest BCUT2D eigenvalue weighted by atomic mass is 35.5. The van der Waals surface area contributed by atoms with Gasteiger partial charge in [0.15, 0.2) is 0 Å². The maximum absolute atomic E-state index is 11.5. The van der Waals surface area contributed by atoms with E-state index in [1.165, 1.54) is 43.6 Å². The molecule has 0 spiro atoms. The molecule has 1 aromatic heterocycles. The molecule has 0 fully saturated rings. The SMILES string of the molecule is CCCCCCCCn1sc(Cl)c(Cl)c1=O.COC(C)COC(C)CO. The summed E-state index contributed by atoms with van der Waals surface area (Å²) in [7, 11) is 1.64. The molecule has 0 bridgehead atoms. The number of ether oxygens (including phenoxy) is 2. The Kier molecular flexibility index (Phi) is 15.8. The van der Waals surface area contributed by atoms with Crippen LogP contribution in [-0.2, 0) is 16.0 Å². The maximum atomic E-state index is 11.5. The summed E-state index contributed by atoms with van der Waals surface area (Å²) in [4.78, 5) is 11.5. The van der Waals surface area contributed by atoms with Gasteiger partial charge in [0.1, 0.15) is 9.36 Å². The first-order valence-electron chi connectivity index (χ1n) is 9.17. The fraction of sp³-hybridized carbons (Fsp3) is 0.833. The number of aromatic nitrogens is 1. The molecule has 0 aliphatic rings. The number of aliphatic hydroxyl groups is 1. The van der Waals surface area contributed by atoms with Crippen LogP contribution in [0.2, 0.25) is 9.36 Å². The van der Waals surface area contributed by atoms with Crippen molar-refractivity contribution in [2.45, 2.75) is 78.0 Å². The van der Waals surface area contributed by atoms with E-state index < -0.39 is 0 Å². The van der Waals surface area contributed by atoms with Crippen LogP contribution in [0.4, 0.5) is 0 Å². The number of hydrogen-bond acceptors (Lipinski definition) is 5. The van der Waals surface area contributed by atoms with Crippen LogP contribution in [0, 0.1) is 0 Å². The van der Waals surface area contributed by atoms with Gasteiger partial charge >= 0.3 is 0 Å². The minimum Gasteiger partial charge on any atom is -0.394 e. The molecule has 0 saturated carbocycles. The molecular weight excluding hydrogens is 397 g/mol. The van der Waals surface area contributed by atoms with E-state index >= 15 is 0 Å². The van der Waals surface area contributed by atoms with Crippen LogP contribution in [0.3, 0.4) is 0 Å². The number of nitrogens with zero attached hydrogens (tertiary/aromatic N) is 1. The molecular formula is C18H33Cl2NO4S. The second kappa shape index (κ2) is 15.9. The van der Waals surface area contributed by atoms with Crippen molar-refractivity contribution >= 4 is 34.7 Å². The first-order chi connectivity index (χ1) is 12.4. The molecule has 1 heterocycles. The molecule has 8 heteroatoms. The smallest absolute Gasteiger partial charge is 0.280 e. The lowest BCUT2D eigenvalue weighted by Gasteiger charge is -2.13. The van der Waals surface area contributed by atoms with Crippen molar-refractivity contribution < 1.29 is 14.6 Å². The van der Waals surface area contributed by atoms with Crippen LogP contribution in [-0.4, -0.2) is 41.6 Å². The number of hydrogen-bond donors (Lipinski definition) is 1. The third kappa shape index (κ3) is 11.6. The summed E-state index contributed by atoms with van der Waals surface area (Å²) < 4.78 is 12.2. The van der Waals surface area contributed by atoms with Gasteiger partial charge in [-0.3, -0.25) is 8.75 Å². The van der Waals surface area contributed by atoms with Crippen molar-refractivity contribution in [2.24, 2.45) is 0 Å². The van der Waals surface area contributed by atoms with Gasteiger partial charge in [0.25, 0.3) is 5.56 Å². The van der Waals surface area contributed by atoms with Crippen LogP contribution < -0.4 is 5.56 Å². The molecule has 1 N–H and O–H groups in total. The van der Waals surface area contributed by atoms with Crippen LogP contribution in [0.1, 0.15) is 59.3 Å². The van der Waals surface area contributed by atoms with E-state index in [9.17, 15) is 4.79 Å². The second-order valence-corrected chi connectivity index (χ2v) is 8.24. The highest BCUT2D eigenvalue weighted by Gasteiger charge is 2.10. The fourth-order valence-electron chi connectivity index (χ4n) is 1.98. The number of aliphatic hydroxyl groups excluding tert-OH is 1. The average Bonchev–Trinajstić information content (AvgIpc) is 2.89. The Morgan fingerprint density at radius 3 is 2.23 bits per heavy atom. The van der Waals surface area contributed by atoms with Crippen molar-refractivity contribution in [1.82, 2.24) is 3.96 Å². The summed E-state index contributed by atoms with van der Waals surface area (Å²) >= 11 is 12.8. The molecule has 0 radical (unpaired) electrons. The molecule has 5 nitrogen and oxygen atoms in total. The largest absolute Gasteiger partial charge is 0.394 e. The van der Waals surface area contributed by atoms with Gasteiger partial charge in [-0.05, 0) is 31.8 Å². The van der Waals surface area contributed by atoms with E-state index in [1.807, 2.05) is 13.8 Å². The number of unbranched alkanes of at least 4 members (excludes halogenated alkanes) is 5. The molecule has 0 saturated heterocycles. The number of rotatable bonds is 12. The van der Waals surface area contributed by atoms with Crippen molar-refractivity contribution in [3.63, 3.8) is 0 Å². The van der Waals surface area contributed by atoms with Gasteiger partial charge in [-0.15, -0.1) is 0 Å². The second-order valence-electron chi connectivity index (χ2n) is 6.23. The highest BCUT2D eigenvalue weighted by molar-refractivity contribution is 7.11. The summed E-state index contributed by atoms with van der Waals surface area (Å²) in [6.07, 6.45) is 7.31. The monoisotopic (exact) mass is 429 g/mol. The Hall–Kier alpha value is -0.110. The molecule has 2 unspecified atom stereocenters. The average molecular weight is 430 g/mol. The van der Waals surface area contributed by atoms with Gasteiger partial charge in [0, 0.05) is 13.7 Å². The van der Waals surface area contributed by atoms with E-state index in [2.05, 4.69) is 6.92 Å². The molecule has 0 aromatic carbocycles. The van der Waals surface area contributed by atoms with E-state index in [0.717, 1.165) is 13.0 Å². The van der Waals surface area contributed by atoms with Crippen molar-refractivity contribution in [2.75, 3.05) is 20.3 Å². The summed E-state index contributed by atoms with van der Waals surface area (Å²) in [5.74, 6) is 0. The van der Waals surface area contributed by atoms with Gasteiger partial charge in [0.2, 0.25) is 0 Å². The van der Waals surface area contributed by atoms with Crippen molar-refractivity contribution in [3.8, 4) is 0 Å². The molecule has 2 atom stereocenters. The van der Waals surface area contributed by atoms with Crippen molar-refractivity contribution in [1.29, 1.82) is 0 Å². The predicted octanol–water partition coefficient (Wildman–Crippen LogP) is 5.00. The number of aryl methyl sites for hydroxylation is 1. The van der Waals surface area contributed by atoms with Gasteiger partial charge in [-0.25, -0.2) is 0 Å². The maximum Gasteiger partial charge on any atom is 0.280 e. The lowest BCUT2D eigenvalue weighted by atomic mass is 10.1. The molecule has 0 aliphatic heterocycles. The Bertz CT molecular complexity index is 512. The Morgan fingerprint density at radius 2 is 1.73 bits per heavy atom. The highest BCUT2D eigenvalue weighted by Crippen LogP contribution is 2.23. The number of halogens is 2. The quantitative estimate of drug-likeness (QED) is 0.475.